The number of imidazole rings is 1. The van der Waals surface area contributed by atoms with Crippen LogP contribution in [0.25, 0.3) is 0 Å². The van der Waals surface area contributed by atoms with Crippen LogP contribution in [0.3, 0.4) is 0 Å². The van der Waals surface area contributed by atoms with E-state index in [1.165, 1.54) is 0 Å². The minimum Gasteiger partial charge on any atom is -0.481 e. The minimum atomic E-state index is -0.786. The Balaban J connectivity index is 2.59. The van der Waals surface area contributed by atoms with Crippen LogP contribution in [0.1, 0.15) is 13.3 Å². The van der Waals surface area contributed by atoms with E-state index in [1.54, 1.807) is 6.20 Å². The van der Waals surface area contributed by atoms with E-state index in [1.807, 2.05) is 29.6 Å². The second kappa shape index (κ2) is 4.64. The van der Waals surface area contributed by atoms with E-state index in [2.05, 4.69) is 4.98 Å². The lowest BCUT2D eigenvalue weighted by Gasteiger charge is -2.17. The molecule has 0 aliphatic carbocycles. The van der Waals surface area contributed by atoms with Crippen molar-refractivity contribution in [1.29, 1.82) is 0 Å². The first-order valence-corrected chi connectivity index (χ1v) is 4.59. The Kier molecular flexibility index (Phi) is 3.50. The summed E-state index contributed by atoms with van der Waals surface area (Å²) in [6.45, 7) is 3.34. The van der Waals surface area contributed by atoms with E-state index in [-0.39, 0.29) is 6.42 Å². The van der Waals surface area contributed by atoms with E-state index < -0.39 is 5.97 Å². The molecule has 0 radical (unpaired) electrons. The monoisotopic (exact) mass is 197 g/mol. The molecule has 0 saturated carbocycles. The van der Waals surface area contributed by atoms with E-state index in [9.17, 15) is 4.79 Å². The molecule has 0 bridgehead atoms. The smallest absolute Gasteiger partial charge is 0.305 e. The Bertz CT molecular complexity index is 309. The maximum Gasteiger partial charge on any atom is 0.305 e. The van der Waals surface area contributed by atoms with E-state index in [0.29, 0.717) is 6.54 Å². The van der Waals surface area contributed by atoms with E-state index in [4.69, 9.17) is 5.11 Å². The number of carboxylic acid groups (broad SMARTS) is 1. The minimum absolute atomic E-state index is 0.132. The molecule has 1 rings (SSSR count). The third kappa shape index (κ3) is 2.48. The Morgan fingerprint density at radius 3 is 3.00 bits per heavy atom. The number of aliphatic carboxylic acids is 1. The van der Waals surface area contributed by atoms with Crippen LogP contribution >= 0.6 is 0 Å². The fraction of sp³-hybridized carbons (Fsp3) is 0.556. The van der Waals surface area contributed by atoms with Gasteiger partial charge in [-0.1, -0.05) is 0 Å². The molecule has 5 nitrogen and oxygen atoms in total. The van der Waals surface area contributed by atoms with Crippen LogP contribution in [-0.4, -0.2) is 34.2 Å². The van der Waals surface area contributed by atoms with Crippen LogP contribution < -0.4 is 4.90 Å². The van der Waals surface area contributed by atoms with Gasteiger partial charge >= 0.3 is 5.97 Å². The van der Waals surface area contributed by atoms with Gasteiger partial charge in [0.05, 0.1) is 6.42 Å². The Labute approximate surface area is 83.0 Å². The van der Waals surface area contributed by atoms with Gasteiger partial charge in [-0.2, -0.15) is 0 Å². The highest BCUT2D eigenvalue weighted by molar-refractivity contribution is 5.67. The zero-order chi connectivity index (χ0) is 10.6. The van der Waals surface area contributed by atoms with E-state index in [0.717, 1.165) is 12.5 Å². The molecule has 78 valence electrons. The Morgan fingerprint density at radius 2 is 2.43 bits per heavy atom. The molecule has 1 N–H and O–H groups in total. The fourth-order valence-corrected chi connectivity index (χ4v) is 1.25. The van der Waals surface area contributed by atoms with Crippen LogP contribution in [0, 0.1) is 0 Å². The number of aryl methyl sites for hydroxylation is 1. The van der Waals surface area contributed by atoms with Gasteiger partial charge in [0.25, 0.3) is 0 Å². The molecule has 1 heterocycles. The lowest BCUT2D eigenvalue weighted by molar-refractivity contribution is -0.136. The first-order chi connectivity index (χ1) is 6.65. The van der Waals surface area contributed by atoms with Crippen molar-refractivity contribution in [2.75, 3.05) is 18.5 Å². The predicted octanol–water partition coefficient (Wildman–Crippen LogP) is 0.814. The number of anilines is 1. The number of rotatable bonds is 5. The molecule has 0 aromatic carbocycles. The summed E-state index contributed by atoms with van der Waals surface area (Å²) in [5.74, 6) is 0.0280. The molecule has 14 heavy (non-hydrogen) atoms. The van der Waals surface area contributed by atoms with Crippen molar-refractivity contribution in [3.05, 3.63) is 12.4 Å². The molecule has 0 amide bonds. The van der Waals surface area contributed by atoms with Crippen molar-refractivity contribution in [2.24, 2.45) is 0 Å². The largest absolute Gasteiger partial charge is 0.481 e. The summed E-state index contributed by atoms with van der Waals surface area (Å²) in [5.41, 5.74) is 0. The van der Waals surface area contributed by atoms with Crippen molar-refractivity contribution >= 4 is 11.9 Å². The molecular weight excluding hydrogens is 182 g/mol. The van der Waals surface area contributed by atoms with Crippen molar-refractivity contribution in [3.63, 3.8) is 0 Å². The molecule has 0 unspecified atom stereocenters. The normalized spacial score (nSPS) is 10.1. The first-order valence-electron chi connectivity index (χ1n) is 4.59. The zero-order valence-corrected chi connectivity index (χ0v) is 8.47. The molecule has 0 saturated heterocycles. The highest BCUT2D eigenvalue weighted by atomic mass is 16.4. The summed E-state index contributed by atoms with van der Waals surface area (Å²) in [6.07, 6.45) is 3.73. The highest BCUT2D eigenvalue weighted by Crippen LogP contribution is 2.09. The van der Waals surface area contributed by atoms with Crippen LogP contribution in [0.2, 0.25) is 0 Å². The number of carboxylic acids is 1. The summed E-state index contributed by atoms with van der Waals surface area (Å²) in [6, 6.07) is 0. The van der Waals surface area contributed by atoms with Gasteiger partial charge in [0.15, 0.2) is 0 Å². The molecule has 0 aliphatic rings. The molecule has 0 atom stereocenters. The summed E-state index contributed by atoms with van der Waals surface area (Å²) in [4.78, 5) is 16.4. The van der Waals surface area contributed by atoms with Crippen LogP contribution in [-0.2, 0) is 11.3 Å². The second-order valence-corrected chi connectivity index (χ2v) is 3.08. The van der Waals surface area contributed by atoms with Crippen LogP contribution in [0.4, 0.5) is 5.95 Å². The molecule has 0 aliphatic heterocycles. The third-order valence-corrected chi connectivity index (χ3v) is 2.04. The summed E-state index contributed by atoms with van der Waals surface area (Å²) in [7, 11) is 1.84. The Morgan fingerprint density at radius 1 is 1.71 bits per heavy atom. The van der Waals surface area contributed by atoms with Crippen molar-refractivity contribution in [3.8, 4) is 0 Å². The molecule has 1 aromatic rings. The quantitative estimate of drug-likeness (QED) is 0.759. The average molecular weight is 197 g/mol. The second-order valence-electron chi connectivity index (χ2n) is 3.08. The fourth-order valence-electron chi connectivity index (χ4n) is 1.25. The van der Waals surface area contributed by atoms with Crippen molar-refractivity contribution in [2.45, 2.75) is 19.9 Å². The summed E-state index contributed by atoms with van der Waals surface area (Å²) in [5, 5.41) is 8.53. The van der Waals surface area contributed by atoms with Crippen molar-refractivity contribution in [1.82, 2.24) is 9.55 Å². The average Bonchev–Trinajstić information content (AvgIpc) is 2.61. The topological polar surface area (TPSA) is 58.4 Å². The van der Waals surface area contributed by atoms with Gasteiger partial charge in [-0.15, -0.1) is 0 Å². The molecule has 1 aromatic heterocycles. The number of aromatic nitrogens is 2. The lowest BCUT2D eigenvalue weighted by atomic mass is 10.4. The lowest BCUT2D eigenvalue weighted by Crippen LogP contribution is -2.24. The van der Waals surface area contributed by atoms with Crippen molar-refractivity contribution < 1.29 is 9.90 Å². The number of hydrogen-bond acceptors (Lipinski definition) is 3. The van der Waals surface area contributed by atoms with E-state index >= 15 is 0 Å². The molecule has 0 fully saturated rings. The Hall–Kier alpha value is -1.52. The SMILES string of the molecule is CCn1ccnc1N(C)CCC(=O)O. The first kappa shape index (κ1) is 10.6. The van der Waals surface area contributed by atoms with Crippen LogP contribution in [0.5, 0.6) is 0 Å². The molecule has 0 spiro atoms. The van der Waals surface area contributed by atoms with Gasteiger partial charge in [-0.3, -0.25) is 4.79 Å². The van der Waals surface area contributed by atoms with Gasteiger partial charge in [0.2, 0.25) is 5.95 Å². The standard InChI is InChI=1S/C9H15N3O2/c1-3-12-7-5-10-9(12)11(2)6-4-8(13)14/h5,7H,3-4,6H2,1-2H3,(H,13,14). The molecule has 5 heteroatoms. The zero-order valence-electron chi connectivity index (χ0n) is 8.47. The maximum atomic E-state index is 10.4. The summed E-state index contributed by atoms with van der Waals surface area (Å²) >= 11 is 0. The third-order valence-electron chi connectivity index (χ3n) is 2.04. The van der Waals surface area contributed by atoms with Gasteiger partial charge < -0.3 is 14.6 Å². The highest BCUT2D eigenvalue weighted by Gasteiger charge is 2.08. The van der Waals surface area contributed by atoms with Crippen LogP contribution in [0.15, 0.2) is 12.4 Å². The van der Waals surface area contributed by atoms with Gasteiger partial charge in [0.1, 0.15) is 0 Å². The number of carbonyl (C=O) groups is 1. The summed E-state index contributed by atoms with van der Waals surface area (Å²) < 4.78 is 1.97. The number of hydrogen-bond donors (Lipinski definition) is 1. The maximum absolute atomic E-state index is 10.4. The van der Waals surface area contributed by atoms with Gasteiger partial charge in [-0.05, 0) is 6.92 Å². The molecular formula is C9H15N3O2. The number of nitrogens with zero attached hydrogens (tertiary/aromatic N) is 3. The predicted molar refractivity (Wildman–Crippen MR) is 53.4 cm³/mol. The van der Waals surface area contributed by atoms with Gasteiger partial charge in [0, 0.05) is 32.5 Å². The van der Waals surface area contributed by atoms with Gasteiger partial charge in [-0.25, -0.2) is 4.98 Å².